The predicted molar refractivity (Wildman–Crippen MR) is 87.7 cm³/mol. The molecule has 0 amide bonds. The van der Waals surface area contributed by atoms with Gasteiger partial charge in [-0.3, -0.25) is 0 Å². The first-order valence-electron chi connectivity index (χ1n) is 7.03. The van der Waals surface area contributed by atoms with Gasteiger partial charge < -0.3 is 10.2 Å². The van der Waals surface area contributed by atoms with E-state index in [9.17, 15) is 8.42 Å². The van der Waals surface area contributed by atoms with Crippen LogP contribution in [-0.4, -0.2) is 47.0 Å². The first-order chi connectivity index (χ1) is 9.92. The van der Waals surface area contributed by atoms with Gasteiger partial charge in [0.2, 0.25) is 10.0 Å². The van der Waals surface area contributed by atoms with Crippen molar-refractivity contribution in [2.24, 2.45) is 5.92 Å². The van der Waals surface area contributed by atoms with Gasteiger partial charge in [-0.25, -0.2) is 13.1 Å². The lowest BCUT2D eigenvalue weighted by molar-refractivity contribution is 0.394. The van der Waals surface area contributed by atoms with Gasteiger partial charge in [0.15, 0.2) is 0 Å². The third-order valence-corrected chi connectivity index (χ3v) is 6.12. The molecule has 1 aromatic rings. The zero-order valence-electron chi connectivity index (χ0n) is 12.4. The molecule has 0 radical (unpaired) electrons. The highest BCUT2D eigenvalue weighted by Crippen LogP contribution is 2.23. The molecular formula is C14H22BrN3O2S. The number of hydrogen-bond donors (Lipinski definition) is 2. The largest absolute Gasteiger partial charge is 0.316 e. The van der Waals surface area contributed by atoms with E-state index in [0.717, 1.165) is 25.1 Å². The zero-order valence-corrected chi connectivity index (χ0v) is 14.8. The van der Waals surface area contributed by atoms with Crippen LogP contribution in [0.3, 0.4) is 0 Å². The summed E-state index contributed by atoms with van der Waals surface area (Å²) in [7, 11) is 0.458. The number of benzene rings is 1. The molecule has 1 unspecified atom stereocenters. The highest BCUT2D eigenvalue weighted by atomic mass is 79.9. The number of nitrogens with one attached hydrogen (secondary N) is 2. The Bertz CT molecular complexity index is 592. The zero-order chi connectivity index (χ0) is 15.5. The van der Waals surface area contributed by atoms with E-state index in [0.29, 0.717) is 28.4 Å². The van der Waals surface area contributed by atoms with Crippen LogP contribution in [0.4, 0.5) is 0 Å². The van der Waals surface area contributed by atoms with E-state index in [4.69, 9.17) is 0 Å². The van der Waals surface area contributed by atoms with E-state index < -0.39 is 10.0 Å². The van der Waals surface area contributed by atoms with Crippen LogP contribution in [0.1, 0.15) is 12.0 Å². The SMILES string of the molecule is CNCc1ccc(S(=O)(=O)NCC2CCN(C)C2)c(Br)c1. The van der Waals surface area contributed by atoms with E-state index >= 15 is 0 Å². The van der Waals surface area contributed by atoms with E-state index in [1.807, 2.05) is 19.2 Å². The van der Waals surface area contributed by atoms with Crippen LogP contribution < -0.4 is 10.0 Å². The van der Waals surface area contributed by atoms with Gasteiger partial charge in [-0.2, -0.15) is 0 Å². The van der Waals surface area contributed by atoms with Crippen molar-refractivity contribution in [3.8, 4) is 0 Å². The molecule has 1 aliphatic heterocycles. The van der Waals surface area contributed by atoms with Crippen LogP contribution in [0, 0.1) is 5.92 Å². The van der Waals surface area contributed by atoms with E-state index in [1.165, 1.54) is 0 Å². The van der Waals surface area contributed by atoms with Crippen molar-refractivity contribution in [3.63, 3.8) is 0 Å². The van der Waals surface area contributed by atoms with E-state index in [2.05, 4.69) is 37.9 Å². The fraction of sp³-hybridized carbons (Fsp3) is 0.571. The number of nitrogens with zero attached hydrogens (tertiary/aromatic N) is 1. The molecular weight excluding hydrogens is 354 g/mol. The van der Waals surface area contributed by atoms with Gasteiger partial charge in [0.1, 0.15) is 0 Å². The predicted octanol–water partition coefficient (Wildman–Crippen LogP) is 1.40. The van der Waals surface area contributed by atoms with Crippen LogP contribution >= 0.6 is 15.9 Å². The molecule has 1 saturated heterocycles. The smallest absolute Gasteiger partial charge is 0.241 e. The standard InChI is InChI=1S/C14H22BrN3O2S/c1-16-8-11-3-4-14(13(15)7-11)21(19,20)17-9-12-5-6-18(2)10-12/h3-4,7,12,16-17H,5-6,8-10H2,1-2H3. The van der Waals surface area contributed by atoms with Gasteiger partial charge >= 0.3 is 0 Å². The lowest BCUT2D eigenvalue weighted by atomic mass is 10.1. The lowest BCUT2D eigenvalue weighted by Crippen LogP contribution is -2.30. The summed E-state index contributed by atoms with van der Waals surface area (Å²) in [6.07, 6.45) is 1.04. The Kier molecular flexibility index (Phi) is 5.79. The molecule has 2 rings (SSSR count). The molecule has 1 aliphatic rings. The topological polar surface area (TPSA) is 61.4 Å². The minimum atomic E-state index is -3.46. The summed E-state index contributed by atoms with van der Waals surface area (Å²) in [5.41, 5.74) is 1.04. The average molecular weight is 376 g/mol. The Morgan fingerprint density at radius 1 is 1.43 bits per heavy atom. The van der Waals surface area contributed by atoms with Crippen LogP contribution in [0.25, 0.3) is 0 Å². The Morgan fingerprint density at radius 3 is 2.76 bits per heavy atom. The van der Waals surface area contributed by atoms with Crippen LogP contribution in [0.5, 0.6) is 0 Å². The molecule has 0 aromatic heterocycles. The lowest BCUT2D eigenvalue weighted by Gasteiger charge is -2.13. The molecule has 1 atom stereocenters. The molecule has 1 fully saturated rings. The second-order valence-corrected chi connectivity index (χ2v) is 8.15. The van der Waals surface area contributed by atoms with Gasteiger partial charge in [0.05, 0.1) is 4.90 Å². The van der Waals surface area contributed by atoms with Crippen molar-refractivity contribution < 1.29 is 8.42 Å². The summed E-state index contributed by atoms with van der Waals surface area (Å²) >= 11 is 3.36. The molecule has 1 heterocycles. The van der Waals surface area contributed by atoms with Gasteiger partial charge in [0, 0.05) is 24.1 Å². The fourth-order valence-electron chi connectivity index (χ4n) is 2.57. The van der Waals surface area contributed by atoms with Crippen molar-refractivity contribution in [1.29, 1.82) is 0 Å². The number of rotatable bonds is 6. The summed E-state index contributed by atoms with van der Waals surface area (Å²) in [5, 5.41) is 3.05. The Hall–Kier alpha value is -0.470. The molecule has 0 saturated carbocycles. The molecule has 118 valence electrons. The minimum Gasteiger partial charge on any atom is -0.316 e. The van der Waals surface area contributed by atoms with Crippen molar-refractivity contribution in [2.75, 3.05) is 33.7 Å². The van der Waals surface area contributed by atoms with Crippen LogP contribution in [0.2, 0.25) is 0 Å². The first-order valence-corrected chi connectivity index (χ1v) is 9.31. The van der Waals surface area contributed by atoms with E-state index in [1.54, 1.807) is 6.07 Å². The normalized spacial score (nSPS) is 20.0. The summed E-state index contributed by atoms with van der Waals surface area (Å²) in [5.74, 6) is 0.395. The maximum atomic E-state index is 12.4. The number of likely N-dealkylation sites (tertiary alicyclic amines) is 1. The van der Waals surface area contributed by atoms with E-state index in [-0.39, 0.29) is 0 Å². The monoisotopic (exact) mass is 375 g/mol. The quantitative estimate of drug-likeness (QED) is 0.788. The summed E-state index contributed by atoms with van der Waals surface area (Å²) in [6, 6.07) is 5.33. The highest BCUT2D eigenvalue weighted by molar-refractivity contribution is 9.10. The maximum Gasteiger partial charge on any atom is 0.241 e. The molecule has 5 nitrogen and oxygen atoms in total. The Labute approximate surface area is 135 Å². The molecule has 0 bridgehead atoms. The Balaban J connectivity index is 2.05. The van der Waals surface area contributed by atoms with Crippen molar-refractivity contribution in [3.05, 3.63) is 28.2 Å². The first kappa shape index (κ1) is 16.9. The summed E-state index contributed by atoms with van der Waals surface area (Å²) in [6.45, 7) is 3.19. The molecule has 2 N–H and O–H groups in total. The minimum absolute atomic E-state index is 0.300. The van der Waals surface area contributed by atoms with Gasteiger partial charge in [0.25, 0.3) is 0 Å². The third kappa shape index (κ3) is 4.50. The van der Waals surface area contributed by atoms with Gasteiger partial charge in [-0.05, 0) is 66.6 Å². The number of sulfonamides is 1. The Morgan fingerprint density at radius 2 is 2.19 bits per heavy atom. The van der Waals surface area contributed by atoms with Gasteiger partial charge in [-0.15, -0.1) is 0 Å². The van der Waals surface area contributed by atoms with Gasteiger partial charge in [-0.1, -0.05) is 6.07 Å². The molecule has 7 heteroatoms. The number of hydrogen-bond acceptors (Lipinski definition) is 4. The van der Waals surface area contributed by atoms with Crippen molar-refractivity contribution in [1.82, 2.24) is 14.9 Å². The number of halogens is 1. The molecule has 21 heavy (non-hydrogen) atoms. The summed E-state index contributed by atoms with van der Waals surface area (Å²) in [4.78, 5) is 2.52. The molecule has 0 aliphatic carbocycles. The van der Waals surface area contributed by atoms with Crippen LogP contribution in [0.15, 0.2) is 27.6 Å². The van der Waals surface area contributed by atoms with Crippen molar-refractivity contribution in [2.45, 2.75) is 17.9 Å². The van der Waals surface area contributed by atoms with Crippen LogP contribution in [-0.2, 0) is 16.6 Å². The maximum absolute atomic E-state index is 12.4. The molecule has 1 aromatic carbocycles. The second-order valence-electron chi connectivity index (χ2n) is 5.56. The second kappa shape index (κ2) is 7.19. The third-order valence-electron chi connectivity index (χ3n) is 3.72. The highest BCUT2D eigenvalue weighted by Gasteiger charge is 2.23. The fourth-order valence-corrected chi connectivity index (χ4v) is 4.81. The average Bonchev–Trinajstić information content (AvgIpc) is 2.83. The molecule has 0 spiro atoms. The van der Waals surface area contributed by atoms with Crippen molar-refractivity contribution >= 4 is 26.0 Å². The summed E-state index contributed by atoms with van der Waals surface area (Å²) < 4.78 is 28.1.